The molecule has 1 aromatic heterocycles. The third kappa shape index (κ3) is 3.10. The summed E-state index contributed by atoms with van der Waals surface area (Å²) in [5, 5.41) is 12.4. The second kappa shape index (κ2) is 5.16. The van der Waals surface area contributed by atoms with Gasteiger partial charge in [0.25, 0.3) is 0 Å². The molecule has 0 spiro atoms. The van der Waals surface area contributed by atoms with Crippen LogP contribution in [0.25, 0.3) is 0 Å². The molecule has 0 aliphatic heterocycles. The number of aryl methyl sites for hydroxylation is 1. The molecule has 0 aliphatic carbocycles. The van der Waals surface area contributed by atoms with Gasteiger partial charge in [0.1, 0.15) is 5.82 Å². The van der Waals surface area contributed by atoms with Crippen LogP contribution in [0.5, 0.6) is 0 Å². The maximum atomic E-state index is 9.03. The van der Waals surface area contributed by atoms with Crippen molar-refractivity contribution in [3.63, 3.8) is 0 Å². The Kier molecular flexibility index (Phi) is 4.12. The lowest BCUT2D eigenvalue weighted by atomic mass is 9.95. The molecule has 0 radical (unpaired) electrons. The predicted molar refractivity (Wildman–Crippen MR) is 67.4 cm³/mol. The zero-order valence-electron chi connectivity index (χ0n) is 10.2. The summed E-state index contributed by atoms with van der Waals surface area (Å²) in [6.07, 6.45) is 3.29. The number of aliphatic hydroxyl groups is 1. The van der Waals surface area contributed by atoms with E-state index in [9.17, 15) is 0 Å². The number of pyridine rings is 1. The topological polar surface area (TPSA) is 71.2 Å². The van der Waals surface area contributed by atoms with Crippen molar-refractivity contribution in [1.82, 2.24) is 4.98 Å². The van der Waals surface area contributed by atoms with Gasteiger partial charge in [0.15, 0.2) is 0 Å². The first kappa shape index (κ1) is 12.8. The minimum absolute atomic E-state index is 0.121. The molecule has 0 amide bonds. The van der Waals surface area contributed by atoms with Crippen LogP contribution in [-0.4, -0.2) is 22.2 Å². The SMILES string of the molecule is CCC(C)(CCO)Nc1cc(C)c(N)cn1. The first-order chi connectivity index (χ1) is 7.50. The molecule has 4 N–H and O–H groups in total. The van der Waals surface area contributed by atoms with Crippen molar-refractivity contribution >= 4 is 11.5 Å². The molecular weight excluding hydrogens is 202 g/mol. The summed E-state index contributed by atoms with van der Waals surface area (Å²) in [5.41, 5.74) is 7.31. The van der Waals surface area contributed by atoms with Crippen molar-refractivity contribution < 1.29 is 5.11 Å². The van der Waals surface area contributed by atoms with Crippen molar-refractivity contribution in [2.24, 2.45) is 0 Å². The predicted octanol–water partition coefficient (Wildman–Crippen LogP) is 1.94. The third-order valence-electron chi connectivity index (χ3n) is 3.03. The zero-order chi connectivity index (χ0) is 12.2. The molecule has 0 saturated carbocycles. The van der Waals surface area contributed by atoms with E-state index >= 15 is 0 Å². The number of anilines is 2. The first-order valence-corrected chi connectivity index (χ1v) is 5.62. The van der Waals surface area contributed by atoms with Gasteiger partial charge in [-0.15, -0.1) is 0 Å². The minimum atomic E-state index is -0.121. The Labute approximate surface area is 96.9 Å². The van der Waals surface area contributed by atoms with E-state index < -0.39 is 0 Å². The number of hydrogen-bond acceptors (Lipinski definition) is 4. The lowest BCUT2D eigenvalue weighted by Crippen LogP contribution is -2.35. The summed E-state index contributed by atoms with van der Waals surface area (Å²) in [6.45, 7) is 6.30. The number of nitrogens with two attached hydrogens (primary N) is 1. The lowest BCUT2D eigenvalue weighted by molar-refractivity contribution is 0.252. The Morgan fingerprint density at radius 2 is 2.25 bits per heavy atom. The van der Waals surface area contributed by atoms with Crippen molar-refractivity contribution in [3.8, 4) is 0 Å². The number of aromatic nitrogens is 1. The van der Waals surface area contributed by atoms with Gasteiger partial charge in [0.05, 0.1) is 11.9 Å². The Hall–Kier alpha value is -1.29. The maximum absolute atomic E-state index is 9.03. The highest BCUT2D eigenvalue weighted by Crippen LogP contribution is 2.22. The third-order valence-corrected chi connectivity index (χ3v) is 3.03. The van der Waals surface area contributed by atoms with Crippen molar-refractivity contribution in [2.75, 3.05) is 17.7 Å². The molecule has 16 heavy (non-hydrogen) atoms. The summed E-state index contributed by atoms with van der Waals surface area (Å²) in [7, 11) is 0. The monoisotopic (exact) mass is 223 g/mol. The summed E-state index contributed by atoms with van der Waals surface area (Å²) in [6, 6.07) is 1.93. The van der Waals surface area contributed by atoms with E-state index in [-0.39, 0.29) is 12.1 Å². The quantitative estimate of drug-likeness (QED) is 0.713. The Bertz CT molecular complexity index is 354. The number of aliphatic hydroxyl groups excluding tert-OH is 1. The van der Waals surface area contributed by atoms with Crippen LogP contribution in [0.15, 0.2) is 12.3 Å². The summed E-state index contributed by atoms with van der Waals surface area (Å²) < 4.78 is 0. The number of nitrogens with zero attached hydrogens (tertiary/aromatic N) is 1. The second-order valence-electron chi connectivity index (χ2n) is 4.44. The molecule has 0 aromatic carbocycles. The van der Waals surface area contributed by atoms with E-state index in [2.05, 4.69) is 24.1 Å². The molecule has 1 rings (SSSR count). The highest BCUT2D eigenvalue weighted by Gasteiger charge is 2.21. The summed E-state index contributed by atoms with van der Waals surface area (Å²) >= 11 is 0. The number of nitrogens with one attached hydrogen (secondary N) is 1. The fourth-order valence-corrected chi connectivity index (χ4v) is 1.52. The van der Waals surface area contributed by atoms with E-state index in [1.54, 1.807) is 6.20 Å². The molecule has 1 atom stereocenters. The molecule has 0 bridgehead atoms. The van der Waals surface area contributed by atoms with E-state index in [4.69, 9.17) is 10.8 Å². The van der Waals surface area contributed by atoms with Gasteiger partial charge in [-0.3, -0.25) is 0 Å². The molecule has 1 unspecified atom stereocenters. The average Bonchev–Trinajstić information content (AvgIpc) is 2.24. The second-order valence-corrected chi connectivity index (χ2v) is 4.44. The Balaban J connectivity index is 2.81. The van der Waals surface area contributed by atoms with Gasteiger partial charge in [-0.1, -0.05) is 6.92 Å². The van der Waals surface area contributed by atoms with Crippen molar-refractivity contribution in [2.45, 2.75) is 39.2 Å². The maximum Gasteiger partial charge on any atom is 0.126 e. The van der Waals surface area contributed by atoms with Crippen molar-refractivity contribution in [1.29, 1.82) is 0 Å². The van der Waals surface area contributed by atoms with Crippen LogP contribution in [0.2, 0.25) is 0 Å². The largest absolute Gasteiger partial charge is 0.397 e. The highest BCUT2D eigenvalue weighted by molar-refractivity contribution is 5.51. The van der Waals surface area contributed by atoms with Crippen LogP contribution in [0.4, 0.5) is 11.5 Å². The van der Waals surface area contributed by atoms with Crippen molar-refractivity contribution in [3.05, 3.63) is 17.8 Å². The normalized spacial score (nSPS) is 14.5. The summed E-state index contributed by atoms with van der Waals surface area (Å²) in [4.78, 5) is 4.24. The van der Waals surface area contributed by atoms with Gasteiger partial charge in [0.2, 0.25) is 0 Å². The van der Waals surface area contributed by atoms with E-state index in [0.717, 1.165) is 17.8 Å². The Morgan fingerprint density at radius 1 is 1.56 bits per heavy atom. The van der Waals surface area contributed by atoms with E-state index in [1.165, 1.54) is 0 Å². The van der Waals surface area contributed by atoms with Gasteiger partial charge >= 0.3 is 0 Å². The summed E-state index contributed by atoms with van der Waals surface area (Å²) in [5.74, 6) is 0.810. The van der Waals surface area contributed by atoms with Crippen LogP contribution < -0.4 is 11.1 Å². The van der Waals surface area contributed by atoms with Crippen LogP contribution in [0.3, 0.4) is 0 Å². The lowest BCUT2D eigenvalue weighted by Gasteiger charge is -2.29. The van der Waals surface area contributed by atoms with Crippen LogP contribution in [0, 0.1) is 6.92 Å². The van der Waals surface area contributed by atoms with Gasteiger partial charge < -0.3 is 16.2 Å². The molecule has 90 valence electrons. The number of nitrogen functional groups attached to an aromatic ring is 1. The molecule has 4 nitrogen and oxygen atoms in total. The standard InChI is InChI=1S/C12H21N3O/c1-4-12(3,5-6-16)15-11-7-9(2)10(13)8-14-11/h7-8,16H,4-6,13H2,1-3H3,(H,14,15). The van der Waals surface area contributed by atoms with E-state index in [1.807, 2.05) is 13.0 Å². The van der Waals surface area contributed by atoms with Gasteiger partial charge in [-0.2, -0.15) is 0 Å². The molecule has 4 heteroatoms. The molecule has 0 aliphatic rings. The molecule has 1 aromatic rings. The zero-order valence-corrected chi connectivity index (χ0v) is 10.2. The fraction of sp³-hybridized carbons (Fsp3) is 0.583. The van der Waals surface area contributed by atoms with Crippen LogP contribution in [0.1, 0.15) is 32.3 Å². The minimum Gasteiger partial charge on any atom is -0.397 e. The smallest absolute Gasteiger partial charge is 0.126 e. The van der Waals surface area contributed by atoms with E-state index in [0.29, 0.717) is 12.1 Å². The first-order valence-electron chi connectivity index (χ1n) is 5.62. The molecule has 1 heterocycles. The van der Waals surface area contributed by atoms with Crippen LogP contribution >= 0.6 is 0 Å². The number of rotatable bonds is 5. The fourth-order valence-electron chi connectivity index (χ4n) is 1.52. The van der Waals surface area contributed by atoms with Crippen LogP contribution in [-0.2, 0) is 0 Å². The number of hydrogen-bond donors (Lipinski definition) is 3. The van der Waals surface area contributed by atoms with Gasteiger partial charge in [-0.05, 0) is 38.3 Å². The highest BCUT2D eigenvalue weighted by atomic mass is 16.3. The van der Waals surface area contributed by atoms with Gasteiger partial charge in [-0.25, -0.2) is 4.98 Å². The Morgan fingerprint density at radius 3 is 2.75 bits per heavy atom. The molecule has 0 fully saturated rings. The van der Waals surface area contributed by atoms with Gasteiger partial charge in [0, 0.05) is 12.1 Å². The molecular formula is C12H21N3O. The molecule has 0 saturated heterocycles. The average molecular weight is 223 g/mol.